The summed E-state index contributed by atoms with van der Waals surface area (Å²) in [6.07, 6.45) is 3.95. The van der Waals surface area contributed by atoms with Crippen LogP contribution in [0.15, 0.2) is 34.7 Å². The summed E-state index contributed by atoms with van der Waals surface area (Å²) in [6.45, 7) is 6.17. The van der Waals surface area contributed by atoms with Crippen LogP contribution in [0.1, 0.15) is 19.7 Å². The standard InChI is InChI=1S/C20H26N6O2S/c1-5-18-21-15-8-6-7-9-16(15)26(18)20-22-17(24-29(3,4)27)12-19(23-20)25-10-11-28-13-14(25)2/h6-9,12,14H,5,10-11,13H2,1-4H3/t14-/m1/s1. The molecule has 8 nitrogen and oxygen atoms in total. The van der Waals surface area contributed by atoms with E-state index in [1.54, 1.807) is 12.5 Å². The number of para-hydroxylation sites is 2. The Balaban J connectivity index is 1.95. The van der Waals surface area contributed by atoms with E-state index >= 15 is 0 Å². The van der Waals surface area contributed by atoms with Crippen LogP contribution in [0.4, 0.5) is 11.6 Å². The summed E-state index contributed by atoms with van der Waals surface area (Å²) in [7, 11) is -2.37. The Labute approximate surface area is 171 Å². The molecular formula is C20H26N6O2S. The number of benzene rings is 1. The molecule has 1 aromatic carbocycles. The first-order chi connectivity index (χ1) is 13.9. The maximum atomic E-state index is 12.4. The second-order valence-corrected chi connectivity index (χ2v) is 10.0. The molecule has 29 heavy (non-hydrogen) atoms. The van der Waals surface area contributed by atoms with Crippen LogP contribution in [-0.4, -0.2) is 62.0 Å². The van der Waals surface area contributed by atoms with Gasteiger partial charge >= 0.3 is 0 Å². The number of aromatic nitrogens is 4. The van der Waals surface area contributed by atoms with Crippen molar-refractivity contribution in [2.45, 2.75) is 26.3 Å². The molecule has 154 valence electrons. The number of hydrogen-bond donors (Lipinski definition) is 0. The monoisotopic (exact) mass is 414 g/mol. The van der Waals surface area contributed by atoms with Crippen LogP contribution in [0, 0.1) is 0 Å². The van der Waals surface area contributed by atoms with Crippen molar-refractivity contribution in [1.82, 2.24) is 19.5 Å². The van der Waals surface area contributed by atoms with Gasteiger partial charge in [0.1, 0.15) is 11.6 Å². The average Bonchev–Trinajstić information content (AvgIpc) is 3.05. The van der Waals surface area contributed by atoms with E-state index in [0.717, 1.165) is 35.6 Å². The Morgan fingerprint density at radius 2 is 2.03 bits per heavy atom. The minimum atomic E-state index is -2.37. The fourth-order valence-electron chi connectivity index (χ4n) is 3.53. The van der Waals surface area contributed by atoms with Crippen molar-refractivity contribution in [1.29, 1.82) is 0 Å². The Hall–Kier alpha value is -2.52. The zero-order valence-electron chi connectivity index (χ0n) is 17.2. The van der Waals surface area contributed by atoms with E-state index in [9.17, 15) is 4.21 Å². The number of anilines is 1. The molecule has 9 heteroatoms. The third kappa shape index (κ3) is 4.11. The summed E-state index contributed by atoms with van der Waals surface area (Å²) in [5.74, 6) is 2.54. The Kier molecular flexibility index (Phi) is 5.26. The van der Waals surface area contributed by atoms with Gasteiger partial charge in [-0.25, -0.2) is 9.19 Å². The van der Waals surface area contributed by atoms with Crippen molar-refractivity contribution >= 4 is 32.4 Å². The Bertz CT molecular complexity index is 1160. The first kappa shape index (κ1) is 19.8. The van der Waals surface area contributed by atoms with Gasteiger partial charge in [-0.1, -0.05) is 19.1 Å². The largest absolute Gasteiger partial charge is 0.377 e. The van der Waals surface area contributed by atoms with Gasteiger partial charge in [0.25, 0.3) is 0 Å². The van der Waals surface area contributed by atoms with E-state index in [4.69, 9.17) is 14.7 Å². The van der Waals surface area contributed by atoms with Gasteiger partial charge in [-0.3, -0.25) is 4.57 Å². The molecule has 1 atom stereocenters. The van der Waals surface area contributed by atoms with Gasteiger partial charge in [0, 0.05) is 41.3 Å². The fraction of sp³-hybridized carbons (Fsp3) is 0.450. The molecule has 0 bridgehead atoms. The molecule has 1 aliphatic rings. The van der Waals surface area contributed by atoms with E-state index < -0.39 is 9.73 Å². The van der Waals surface area contributed by atoms with Crippen LogP contribution in [0.2, 0.25) is 0 Å². The number of imidazole rings is 1. The van der Waals surface area contributed by atoms with Gasteiger partial charge < -0.3 is 9.64 Å². The van der Waals surface area contributed by atoms with Gasteiger partial charge in [-0.15, -0.1) is 0 Å². The summed E-state index contributed by atoms with van der Waals surface area (Å²) < 4.78 is 24.3. The SMILES string of the molecule is CCc1nc2ccccc2n1-c1nc(N=S(C)(C)=O)cc(N2CCOC[C@H]2C)n1. The first-order valence-corrected chi connectivity index (χ1v) is 12.1. The lowest BCUT2D eigenvalue weighted by Crippen LogP contribution is -2.44. The quantitative estimate of drug-likeness (QED) is 0.652. The highest BCUT2D eigenvalue weighted by Gasteiger charge is 2.23. The van der Waals surface area contributed by atoms with Gasteiger partial charge in [0.15, 0.2) is 5.82 Å². The van der Waals surface area contributed by atoms with Gasteiger partial charge in [-0.05, 0) is 19.1 Å². The van der Waals surface area contributed by atoms with Gasteiger partial charge in [-0.2, -0.15) is 14.3 Å². The molecule has 0 amide bonds. The van der Waals surface area contributed by atoms with E-state index in [0.29, 0.717) is 25.0 Å². The van der Waals surface area contributed by atoms with Crippen molar-refractivity contribution in [3.05, 3.63) is 36.2 Å². The van der Waals surface area contributed by atoms with Gasteiger partial charge in [0.2, 0.25) is 5.95 Å². The minimum Gasteiger partial charge on any atom is -0.377 e. The third-order valence-corrected chi connectivity index (χ3v) is 5.44. The number of aryl methyl sites for hydroxylation is 1. The molecule has 3 heterocycles. The molecule has 0 spiro atoms. The number of nitrogens with zero attached hydrogens (tertiary/aromatic N) is 6. The molecular weight excluding hydrogens is 388 g/mol. The highest BCUT2D eigenvalue weighted by atomic mass is 32.2. The number of hydrogen-bond acceptors (Lipinski definition) is 7. The van der Waals surface area contributed by atoms with Crippen LogP contribution in [0.3, 0.4) is 0 Å². The van der Waals surface area contributed by atoms with E-state index in [1.807, 2.05) is 34.9 Å². The van der Waals surface area contributed by atoms with Crippen LogP contribution in [0.5, 0.6) is 0 Å². The number of rotatable bonds is 4. The van der Waals surface area contributed by atoms with Crippen molar-refractivity contribution < 1.29 is 8.95 Å². The van der Waals surface area contributed by atoms with Crippen LogP contribution >= 0.6 is 0 Å². The predicted molar refractivity (Wildman–Crippen MR) is 116 cm³/mol. The molecule has 0 radical (unpaired) electrons. The van der Waals surface area contributed by atoms with Crippen molar-refractivity contribution in [3.63, 3.8) is 0 Å². The number of ether oxygens (including phenoxy) is 1. The molecule has 1 aliphatic heterocycles. The third-order valence-electron chi connectivity index (χ3n) is 4.81. The lowest BCUT2D eigenvalue weighted by molar-refractivity contribution is 0.0985. The van der Waals surface area contributed by atoms with Crippen LogP contribution in [-0.2, 0) is 20.9 Å². The smallest absolute Gasteiger partial charge is 0.239 e. The molecule has 1 fully saturated rings. The van der Waals surface area contributed by atoms with Crippen molar-refractivity contribution in [2.24, 2.45) is 4.36 Å². The molecule has 1 saturated heterocycles. The average molecular weight is 415 g/mol. The Morgan fingerprint density at radius 3 is 2.76 bits per heavy atom. The van der Waals surface area contributed by atoms with Crippen molar-refractivity contribution in [3.8, 4) is 5.95 Å². The van der Waals surface area contributed by atoms with E-state index in [1.165, 1.54) is 0 Å². The minimum absolute atomic E-state index is 0.178. The highest BCUT2D eigenvalue weighted by Crippen LogP contribution is 2.27. The molecule has 4 rings (SSSR count). The normalized spacial score (nSPS) is 17.7. The molecule has 2 aromatic heterocycles. The summed E-state index contributed by atoms with van der Waals surface area (Å²) in [4.78, 5) is 16.4. The fourth-order valence-corrected chi connectivity index (χ4v) is 4.08. The topological polar surface area (TPSA) is 85.5 Å². The van der Waals surface area contributed by atoms with E-state index in [-0.39, 0.29) is 6.04 Å². The molecule has 0 saturated carbocycles. The summed E-state index contributed by atoms with van der Waals surface area (Å²) in [6, 6.07) is 9.92. The first-order valence-electron chi connectivity index (χ1n) is 9.73. The van der Waals surface area contributed by atoms with Crippen LogP contribution in [0.25, 0.3) is 17.0 Å². The maximum Gasteiger partial charge on any atom is 0.239 e. The van der Waals surface area contributed by atoms with E-state index in [2.05, 4.69) is 28.1 Å². The Morgan fingerprint density at radius 1 is 1.24 bits per heavy atom. The maximum absolute atomic E-state index is 12.4. The molecule has 0 unspecified atom stereocenters. The predicted octanol–water partition coefficient (Wildman–Crippen LogP) is 2.96. The number of fused-ring (bicyclic) bond motifs is 1. The highest BCUT2D eigenvalue weighted by molar-refractivity contribution is 7.92. The summed E-state index contributed by atoms with van der Waals surface area (Å²) in [5, 5.41) is 0. The molecule has 3 aromatic rings. The second-order valence-electron chi connectivity index (χ2n) is 7.48. The zero-order chi connectivity index (χ0) is 20.6. The zero-order valence-corrected chi connectivity index (χ0v) is 18.0. The molecule has 0 aliphatic carbocycles. The second kappa shape index (κ2) is 7.72. The lowest BCUT2D eigenvalue weighted by atomic mass is 10.2. The van der Waals surface area contributed by atoms with Gasteiger partial charge in [0.05, 0.1) is 30.3 Å². The summed E-state index contributed by atoms with van der Waals surface area (Å²) in [5.41, 5.74) is 1.84. The summed E-state index contributed by atoms with van der Waals surface area (Å²) >= 11 is 0. The lowest BCUT2D eigenvalue weighted by Gasteiger charge is -2.34. The number of morpholine rings is 1. The van der Waals surface area contributed by atoms with Crippen molar-refractivity contribution in [2.75, 3.05) is 37.2 Å². The molecule has 0 N–H and O–H groups in total. The van der Waals surface area contributed by atoms with Crippen LogP contribution < -0.4 is 4.90 Å².